The Morgan fingerprint density at radius 2 is 2.06 bits per heavy atom. The van der Waals surface area contributed by atoms with Gasteiger partial charge in [-0.2, -0.15) is 0 Å². The van der Waals surface area contributed by atoms with Crippen molar-refractivity contribution in [2.45, 2.75) is 6.92 Å². The highest BCUT2D eigenvalue weighted by molar-refractivity contribution is 6.30. The molecular weight excluding hydrogens is 273 g/mol. The van der Waals surface area contributed by atoms with Gasteiger partial charge in [-0.25, -0.2) is 9.97 Å². The second-order valence-electron chi connectivity index (χ2n) is 3.62. The largest absolute Gasteiger partial charge is 0.306 e. The van der Waals surface area contributed by atoms with Gasteiger partial charge >= 0.3 is 0 Å². The molecule has 2 aromatic rings. The minimum Gasteiger partial charge on any atom is -0.306 e. The highest BCUT2D eigenvalue weighted by Crippen LogP contribution is 2.16. The van der Waals surface area contributed by atoms with E-state index in [2.05, 4.69) is 15.3 Å². The first-order valence-corrected chi connectivity index (χ1v) is 5.88. The molecule has 6 heteroatoms. The summed E-state index contributed by atoms with van der Waals surface area (Å²) in [5, 5.41) is 3.32. The summed E-state index contributed by atoms with van der Waals surface area (Å²) in [5.74, 6) is 0.0910. The molecule has 0 aliphatic heterocycles. The van der Waals surface area contributed by atoms with Crippen molar-refractivity contribution in [2.75, 3.05) is 5.32 Å². The number of halogens is 2. The third kappa shape index (κ3) is 2.97. The Hall–Kier alpha value is -1.65. The Kier molecular flexibility index (Phi) is 3.79. The van der Waals surface area contributed by atoms with E-state index in [0.29, 0.717) is 16.4 Å². The number of hydrogen-bond acceptors (Lipinski definition) is 3. The van der Waals surface area contributed by atoms with Crippen LogP contribution >= 0.6 is 23.2 Å². The maximum atomic E-state index is 12.0. The monoisotopic (exact) mass is 281 g/mol. The van der Waals surface area contributed by atoms with Gasteiger partial charge in [0.1, 0.15) is 5.82 Å². The van der Waals surface area contributed by atoms with Crippen molar-refractivity contribution >= 4 is 34.9 Å². The first-order chi connectivity index (χ1) is 8.56. The van der Waals surface area contributed by atoms with Gasteiger partial charge in [0, 0.05) is 16.8 Å². The highest BCUT2D eigenvalue weighted by atomic mass is 35.5. The van der Waals surface area contributed by atoms with E-state index < -0.39 is 0 Å². The van der Waals surface area contributed by atoms with Gasteiger partial charge in [-0.1, -0.05) is 11.6 Å². The van der Waals surface area contributed by atoms with Gasteiger partial charge in [-0.15, -0.1) is 0 Å². The van der Waals surface area contributed by atoms with Crippen LogP contribution in [0.4, 0.5) is 5.82 Å². The molecule has 0 saturated heterocycles. The van der Waals surface area contributed by atoms with E-state index in [-0.39, 0.29) is 11.2 Å². The van der Waals surface area contributed by atoms with Crippen molar-refractivity contribution in [3.8, 4) is 0 Å². The van der Waals surface area contributed by atoms with Crippen molar-refractivity contribution in [1.29, 1.82) is 0 Å². The molecule has 0 aliphatic rings. The number of aromatic nitrogens is 2. The Balaban J connectivity index is 2.22. The number of aryl methyl sites for hydroxylation is 1. The summed E-state index contributed by atoms with van der Waals surface area (Å²) >= 11 is 11.5. The number of carbonyl (C=O) groups excluding carboxylic acids is 1. The lowest BCUT2D eigenvalue weighted by Crippen LogP contribution is -2.14. The van der Waals surface area contributed by atoms with Crippen molar-refractivity contribution < 1.29 is 4.79 Å². The molecule has 4 nitrogen and oxygen atoms in total. The van der Waals surface area contributed by atoms with E-state index in [1.807, 2.05) is 6.92 Å². The average molecular weight is 282 g/mol. The van der Waals surface area contributed by atoms with Crippen molar-refractivity contribution in [3.63, 3.8) is 0 Å². The van der Waals surface area contributed by atoms with E-state index in [9.17, 15) is 4.79 Å². The van der Waals surface area contributed by atoms with Crippen LogP contribution in [0.1, 0.15) is 15.9 Å². The number of nitrogens with zero attached hydrogens (tertiary/aromatic N) is 2. The SMILES string of the molecule is Cc1cc(Cl)ccc1C(=O)Nc1ccnc(Cl)n1. The lowest BCUT2D eigenvalue weighted by atomic mass is 10.1. The Labute approximate surface area is 114 Å². The fraction of sp³-hybridized carbons (Fsp3) is 0.0833. The van der Waals surface area contributed by atoms with Crippen LogP contribution in [0.15, 0.2) is 30.5 Å². The summed E-state index contributed by atoms with van der Waals surface area (Å²) in [6, 6.07) is 6.62. The molecule has 2 rings (SSSR count). The zero-order valence-corrected chi connectivity index (χ0v) is 11.0. The zero-order valence-electron chi connectivity index (χ0n) is 9.45. The van der Waals surface area contributed by atoms with Crippen molar-refractivity contribution in [3.05, 3.63) is 51.9 Å². The van der Waals surface area contributed by atoms with Gasteiger partial charge in [-0.3, -0.25) is 4.79 Å². The summed E-state index contributed by atoms with van der Waals surface area (Å²) in [6.45, 7) is 1.81. The molecule has 0 saturated carbocycles. The van der Waals surface area contributed by atoms with Gasteiger partial charge in [0.15, 0.2) is 0 Å². The molecule has 1 amide bonds. The lowest BCUT2D eigenvalue weighted by molar-refractivity contribution is 0.102. The standard InChI is InChI=1S/C12H9Cl2N3O/c1-7-6-8(13)2-3-9(7)11(18)16-10-4-5-15-12(14)17-10/h2-6H,1H3,(H,15,16,17,18). The quantitative estimate of drug-likeness (QED) is 0.859. The van der Waals surface area contributed by atoms with Crippen molar-refractivity contribution in [2.24, 2.45) is 0 Å². The summed E-state index contributed by atoms with van der Waals surface area (Å²) in [6.07, 6.45) is 1.47. The van der Waals surface area contributed by atoms with Gasteiger partial charge < -0.3 is 5.32 Å². The number of amides is 1. The molecule has 0 spiro atoms. The molecule has 0 atom stereocenters. The molecule has 0 unspecified atom stereocenters. The van der Waals surface area contributed by atoms with Gasteiger partial charge in [-0.05, 0) is 48.4 Å². The van der Waals surface area contributed by atoms with Crippen LogP contribution in [0.3, 0.4) is 0 Å². The van der Waals surface area contributed by atoms with Crippen LogP contribution in [0.25, 0.3) is 0 Å². The Morgan fingerprint density at radius 1 is 1.28 bits per heavy atom. The van der Waals surface area contributed by atoms with Crippen molar-refractivity contribution in [1.82, 2.24) is 9.97 Å². The Morgan fingerprint density at radius 3 is 2.72 bits per heavy atom. The number of carbonyl (C=O) groups is 1. The molecule has 0 fully saturated rings. The number of anilines is 1. The highest BCUT2D eigenvalue weighted by Gasteiger charge is 2.10. The van der Waals surface area contributed by atoms with Crippen LogP contribution < -0.4 is 5.32 Å². The van der Waals surface area contributed by atoms with Crippen LogP contribution in [0.2, 0.25) is 10.3 Å². The molecule has 1 aromatic heterocycles. The average Bonchev–Trinajstić information content (AvgIpc) is 2.28. The number of nitrogens with one attached hydrogen (secondary N) is 1. The zero-order chi connectivity index (χ0) is 13.1. The van der Waals surface area contributed by atoms with E-state index in [1.165, 1.54) is 6.20 Å². The minimum atomic E-state index is -0.265. The lowest BCUT2D eigenvalue weighted by Gasteiger charge is -2.07. The third-order valence-electron chi connectivity index (χ3n) is 2.30. The molecule has 0 bridgehead atoms. The molecule has 0 radical (unpaired) electrons. The van der Waals surface area contributed by atoms with Gasteiger partial charge in [0.25, 0.3) is 5.91 Å². The normalized spacial score (nSPS) is 10.2. The second-order valence-corrected chi connectivity index (χ2v) is 4.40. The third-order valence-corrected chi connectivity index (χ3v) is 2.72. The molecule has 1 heterocycles. The fourth-order valence-corrected chi connectivity index (χ4v) is 1.84. The number of benzene rings is 1. The van der Waals surface area contributed by atoms with Crippen LogP contribution in [0, 0.1) is 6.92 Å². The van der Waals surface area contributed by atoms with Crippen LogP contribution in [-0.2, 0) is 0 Å². The van der Waals surface area contributed by atoms with Gasteiger partial charge in [0.2, 0.25) is 5.28 Å². The second kappa shape index (κ2) is 5.33. The molecule has 18 heavy (non-hydrogen) atoms. The molecule has 1 N–H and O–H groups in total. The molecule has 0 aliphatic carbocycles. The minimum absolute atomic E-state index is 0.0839. The predicted molar refractivity (Wildman–Crippen MR) is 71.2 cm³/mol. The first kappa shape index (κ1) is 12.8. The van der Waals surface area contributed by atoms with E-state index >= 15 is 0 Å². The summed E-state index contributed by atoms with van der Waals surface area (Å²) in [4.78, 5) is 19.6. The van der Waals surface area contributed by atoms with E-state index in [1.54, 1.807) is 24.3 Å². The first-order valence-electron chi connectivity index (χ1n) is 5.12. The molecule has 92 valence electrons. The van der Waals surface area contributed by atoms with Crippen LogP contribution in [-0.4, -0.2) is 15.9 Å². The summed E-state index contributed by atoms with van der Waals surface area (Å²) in [7, 11) is 0. The molecular formula is C12H9Cl2N3O. The fourth-order valence-electron chi connectivity index (χ4n) is 1.47. The molecule has 1 aromatic carbocycles. The summed E-state index contributed by atoms with van der Waals surface area (Å²) < 4.78 is 0. The van der Waals surface area contributed by atoms with Crippen LogP contribution in [0.5, 0.6) is 0 Å². The Bertz CT molecular complexity index is 602. The number of rotatable bonds is 2. The maximum Gasteiger partial charge on any atom is 0.257 e. The topological polar surface area (TPSA) is 54.9 Å². The van der Waals surface area contributed by atoms with Gasteiger partial charge in [0.05, 0.1) is 0 Å². The summed E-state index contributed by atoms with van der Waals surface area (Å²) in [5.41, 5.74) is 1.33. The maximum absolute atomic E-state index is 12.0. The van der Waals surface area contributed by atoms with E-state index in [4.69, 9.17) is 23.2 Å². The smallest absolute Gasteiger partial charge is 0.257 e. The predicted octanol–water partition coefficient (Wildman–Crippen LogP) is 3.34. The number of hydrogen-bond donors (Lipinski definition) is 1. The van der Waals surface area contributed by atoms with E-state index in [0.717, 1.165) is 5.56 Å².